The molecule has 74 valence electrons. The predicted molar refractivity (Wildman–Crippen MR) is 55.9 cm³/mol. The van der Waals surface area contributed by atoms with Gasteiger partial charge in [-0.05, 0) is 19.3 Å². The second-order valence-corrected chi connectivity index (χ2v) is 4.76. The van der Waals surface area contributed by atoms with Crippen LogP contribution >= 0.6 is 11.3 Å². The zero-order valence-corrected chi connectivity index (χ0v) is 9.27. The molecule has 0 aromatic carbocycles. The Morgan fingerprint density at radius 3 is 2.77 bits per heavy atom. The van der Waals surface area contributed by atoms with Crippen molar-refractivity contribution in [1.82, 2.24) is 4.98 Å². The smallest absolute Gasteiger partial charge is 0.0923 e. The van der Waals surface area contributed by atoms with Crippen LogP contribution < -0.4 is 0 Å². The molecule has 0 spiro atoms. The van der Waals surface area contributed by atoms with Crippen LogP contribution in [0.2, 0.25) is 0 Å². The van der Waals surface area contributed by atoms with Gasteiger partial charge in [-0.1, -0.05) is 20.3 Å². The van der Waals surface area contributed by atoms with E-state index in [2.05, 4.69) is 18.8 Å². The van der Waals surface area contributed by atoms with Crippen molar-refractivity contribution < 1.29 is 5.11 Å². The van der Waals surface area contributed by atoms with E-state index < -0.39 is 0 Å². The van der Waals surface area contributed by atoms with Gasteiger partial charge >= 0.3 is 0 Å². The molecule has 1 aromatic rings. The standard InChI is InChI=1S/C10H17NOS/c1-4-5-7(2)10(12)9-6-11-8(3)13-9/h6-7,10,12H,4-5H2,1-3H3. The Hall–Kier alpha value is -0.410. The SMILES string of the molecule is CCCC(C)C(O)c1cnc(C)s1. The van der Waals surface area contributed by atoms with Crippen LogP contribution in [0.5, 0.6) is 0 Å². The largest absolute Gasteiger partial charge is 0.387 e. The molecular weight excluding hydrogens is 182 g/mol. The third-order valence-electron chi connectivity index (χ3n) is 2.21. The van der Waals surface area contributed by atoms with Crippen LogP contribution in [-0.4, -0.2) is 10.1 Å². The number of aliphatic hydroxyl groups is 1. The summed E-state index contributed by atoms with van der Waals surface area (Å²) in [7, 11) is 0. The Kier molecular flexibility index (Phi) is 3.88. The lowest BCUT2D eigenvalue weighted by Crippen LogP contribution is -2.07. The summed E-state index contributed by atoms with van der Waals surface area (Å²) in [6, 6.07) is 0. The monoisotopic (exact) mass is 199 g/mol. The molecular formula is C10H17NOS. The summed E-state index contributed by atoms with van der Waals surface area (Å²) in [5.41, 5.74) is 0. The van der Waals surface area contributed by atoms with Crippen molar-refractivity contribution in [2.45, 2.75) is 39.7 Å². The van der Waals surface area contributed by atoms with Gasteiger partial charge in [0.25, 0.3) is 0 Å². The molecule has 0 aliphatic heterocycles. The fourth-order valence-electron chi connectivity index (χ4n) is 1.41. The average molecular weight is 199 g/mol. The normalized spacial score (nSPS) is 15.7. The second kappa shape index (κ2) is 4.72. The van der Waals surface area contributed by atoms with Gasteiger partial charge in [0, 0.05) is 6.20 Å². The summed E-state index contributed by atoms with van der Waals surface area (Å²) < 4.78 is 0. The van der Waals surface area contributed by atoms with Crippen molar-refractivity contribution in [2.75, 3.05) is 0 Å². The van der Waals surface area contributed by atoms with Crippen molar-refractivity contribution in [3.8, 4) is 0 Å². The highest BCUT2D eigenvalue weighted by Crippen LogP contribution is 2.28. The Bertz CT molecular complexity index is 259. The van der Waals surface area contributed by atoms with Crippen molar-refractivity contribution in [2.24, 2.45) is 5.92 Å². The van der Waals surface area contributed by atoms with Crippen molar-refractivity contribution >= 4 is 11.3 Å². The molecule has 0 saturated heterocycles. The molecule has 1 heterocycles. The number of hydrogen-bond acceptors (Lipinski definition) is 3. The quantitative estimate of drug-likeness (QED) is 0.808. The minimum atomic E-state index is -0.328. The predicted octanol–water partition coefficient (Wildman–Crippen LogP) is 2.92. The van der Waals surface area contributed by atoms with E-state index in [1.54, 1.807) is 17.5 Å². The van der Waals surface area contributed by atoms with Gasteiger partial charge in [0.2, 0.25) is 0 Å². The summed E-state index contributed by atoms with van der Waals surface area (Å²) in [6.07, 6.45) is 3.65. The zero-order valence-electron chi connectivity index (χ0n) is 8.45. The zero-order chi connectivity index (χ0) is 9.84. The summed E-state index contributed by atoms with van der Waals surface area (Å²) >= 11 is 1.59. The van der Waals surface area contributed by atoms with Gasteiger partial charge < -0.3 is 5.11 Å². The highest BCUT2D eigenvalue weighted by molar-refractivity contribution is 7.11. The van der Waals surface area contributed by atoms with E-state index >= 15 is 0 Å². The fourth-order valence-corrected chi connectivity index (χ4v) is 2.31. The molecule has 0 aliphatic carbocycles. The maximum Gasteiger partial charge on any atom is 0.0923 e. The van der Waals surface area contributed by atoms with E-state index in [1.807, 2.05) is 6.92 Å². The summed E-state index contributed by atoms with van der Waals surface area (Å²) in [5.74, 6) is 0.338. The number of aryl methyl sites for hydroxylation is 1. The van der Waals surface area contributed by atoms with Crippen LogP contribution in [0.25, 0.3) is 0 Å². The van der Waals surface area contributed by atoms with Gasteiger partial charge in [0.1, 0.15) is 0 Å². The highest BCUT2D eigenvalue weighted by Gasteiger charge is 2.17. The first-order valence-corrected chi connectivity index (χ1v) is 5.57. The number of thiazole rings is 1. The van der Waals surface area contributed by atoms with Crippen molar-refractivity contribution in [3.05, 3.63) is 16.1 Å². The van der Waals surface area contributed by atoms with E-state index in [-0.39, 0.29) is 6.10 Å². The lowest BCUT2D eigenvalue weighted by Gasteiger charge is -2.15. The Morgan fingerprint density at radius 2 is 2.31 bits per heavy atom. The van der Waals surface area contributed by atoms with Crippen molar-refractivity contribution in [1.29, 1.82) is 0 Å². The molecule has 0 radical (unpaired) electrons. The fraction of sp³-hybridized carbons (Fsp3) is 0.700. The van der Waals surface area contributed by atoms with Gasteiger partial charge in [-0.2, -0.15) is 0 Å². The summed E-state index contributed by atoms with van der Waals surface area (Å²) in [6.45, 7) is 6.19. The topological polar surface area (TPSA) is 33.1 Å². The molecule has 0 aliphatic rings. The van der Waals surface area contributed by atoms with Gasteiger partial charge in [-0.15, -0.1) is 11.3 Å². The summed E-state index contributed by atoms with van der Waals surface area (Å²) in [4.78, 5) is 5.14. The van der Waals surface area contributed by atoms with Gasteiger partial charge in [0.15, 0.2) is 0 Å². The first-order chi connectivity index (χ1) is 6.15. The van der Waals surface area contributed by atoms with Crippen LogP contribution in [0.15, 0.2) is 6.20 Å². The molecule has 1 rings (SSSR count). The van der Waals surface area contributed by atoms with Gasteiger partial charge in [-0.25, -0.2) is 4.98 Å². The van der Waals surface area contributed by atoms with Crippen LogP contribution in [-0.2, 0) is 0 Å². The minimum Gasteiger partial charge on any atom is -0.387 e. The van der Waals surface area contributed by atoms with E-state index in [9.17, 15) is 5.11 Å². The first kappa shape index (κ1) is 10.7. The molecule has 0 fully saturated rings. The molecule has 2 atom stereocenters. The van der Waals surface area contributed by atoms with Crippen LogP contribution in [0.4, 0.5) is 0 Å². The Labute approximate surface area is 83.6 Å². The lowest BCUT2D eigenvalue weighted by atomic mass is 9.99. The number of aromatic nitrogens is 1. The molecule has 1 aromatic heterocycles. The van der Waals surface area contributed by atoms with E-state index in [4.69, 9.17) is 0 Å². The third-order valence-corrected chi connectivity index (χ3v) is 3.20. The Morgan fingerprint density at radius 1 is 1.62 bits per heavy atom. The second-order valence-electron chi connectivity index (χ2n) is 3.49. The lowest BCUT2D eigenvalue weighted by molar-refractivity contribution is 0.115. The molecule has 0 saturated carbocycles. The minimum absolute atomic E-state index is 0.328. The molecule has 3 heteroatoms. The van der Waals surface area contributed by atoms with E-state index in [0.717, 1.165) is 22.7 Å². The molecule has 2 nitrogen and oxygen atoms in total. The number of nitrogens with zero attached hydrogens (tertiary/aromatic N) is 1. The highest BCUT2D eigenvalue weighted by atomic mass is 32.1. The Balaban J connectivity index is 2.61. The third kappa shape index (κ3) is 2.78. The first-order valence-electron chi connectivity index (χ1n) is 4.75. The number of aliphatic hydroxyl groups excluding tert-OH is 1. The number of hydrogen-bond donors (Lipinski definition) is 1. The van der Waals surface area contributed by atoms with Crippen LogP contribution in [0, 0.1) is 12.8 Å². The maximum absolute atomic E-state index is 9.90. The molecule has 13 heavy (non-hydrogen) atoms. The van der Waals surface area contributed by atoms with Gasteiger partial charge in [0.05, 0.1) is 16.0 Å². The molecule has 1 N–H and O–H groups in total. The molecule has 0 amide bonds. The number of rotatable bonds is 4. The van der Waals surface area contributed by atoms with Crippen molar-refractivity contribution in [3.63, 3.8) is 0 Å². The van der Waals surface area contributed by atoms with Gasteiger partial charge in [-0.3, -0.25) is 0 Å². The van der Waals surface area contributed by atoms with E-state index in [1.165, 1.54) is 0 Å². The average Bonchev–Trinajstić information content (AvgIpc) is 2.51. The molecule has 2 unspecified atom stereocenters. The molecule has 0 bridgehead atoms. The maximum atomic E-state index is 9.90. The van der Waals surface area contributed by atoms with E-state index in [0.29, 0.717) is 5.92 Å². The van der Waals surface area contributed by atoms with Crippen LogP contribution in [0.3, 0.4) is 0 Å². The summed E-state index contributed by atoms with van der Waals surface area (Å²) in [5, 5.41) is 10.9. The van der Waals surface area contributed by atoms with Crippen LogP contribution in [0.1, 0.15) is 42.7 Å².